The molecule has 0 radical (unpaired) electrons. The van der Waals surface area contributed by atoms with Crippen molar-refractivity contribution in [3.63, 3.8) is 0 Å². The zero-order valence-electron chi connectivity index (χ0n) is 5.28. The van der Waals surface area contributed by atoms with E-state index in [4.69, 9.17) is 15.6 Å². The number of nitrogens with two attached hydrogens (primary N) is 1. The van der Waals surface area contributed by atoms with E-state index in [9.17, 15) is 4.79 Å². The highest BCUT2D eigenvalue weighted by Gasteiger charge is 2.44. The number of ether oxygens (including phenoxy) is 1. The molecule has 5 heteroatoms. The molecule has 1 rings (SSSR count). The smallest absolute Gasteiger partial charge is 0.322 e. The second kappa shape index (κ2) is 2.41. The normalized spacial score (nSPS) is 25.0. The summed E-state index contributed by atoms with van der Waals surface area (Å²) in [6, 6.07) is -0.926. The Balaban J connectivity index is 2.54. The van der Waals surface area contributed by atoms with Crippen LogP contribution in [0.1, 0.15) is 0 Å². The number of hydrogen-bond donors (Lipinski definition) is 3. The van der Waals surface area contributed by atoms with Crippen molar-refractivity contribution in [3.05, 3.63) is 0 Å². The molecule has 1 unspecified atom stereocenters. The summed E-state index contributed by atoms with van der Waals surface area (Å²) in [6.07, 6.45) is 0. The van der Waals surface area contributed by atoms with Crippen molar-refractivity contribution in [3.8, 4) is 0 Å². The molecule has 0 amide bonds. The number of thiol groups is 1. The highest BCUT2D eigenvalue weighted by Crippen LogP contribution is 2.27. The fourth-order valence-electron chi connectivity index (χ4n) is 0.721. The maximum atomic E-state index is 10.3. The van der Waals surface area contributed by atoms with Gasteiger partial charge in [0, 0.05) is 0 Å². The lowest BCUT2D eigenvalue weighted by Crippen LogP contribution is -2.60. The van der Waals surface area contributed by atoms with E-state index in [1.807, 2.05) is 0 Å². The summed E-state index contributed by atoms with van der Waals surface area (Å²) in [6.45, 7) is 0.646. The van der Waals surface area contributed by atoms with E-state index in [0.717, 1.165) is 0 Å². The number of carboxylic acid groups (broad SMARTS) is 1. The van der Waals surface area contributed by atoms with E-state index < -0.39 is 16.8 Å². The summed E-state index contributed by atoms with van der Waals surface area (Å²) in [5.74, 6) is -1.03. The lowest BCUT2D eigenvalue weighted by atomic mass is 9.98. The van der Waals surface area contributed by atoms with Crippen LogP contribution in [-0.4, -0.2) is 35.1 Å². The molecule has 0 aromatic rings. The highest BCUT2D eigenvalue weighted by atomic mass is 32.1. The zero-order chi connectivity index (χ0) is 7.78. The molecule has 0 aromatic heterocycles. The van der Waals surface area contributed by atoms with Gasteiger partial charge in [-0.05, 0) is 0 Å². The van der Waals surface area contributed by atoms with Gasteiger partial charge in [0.05, 0.1) is 18.0 Å². The Kier molecular flexibility index (Phi) is 1.89. The summed E-state index contributed by atoms with van der Waals surface area (Å²) in [5, 5.41) is 8.45. The van der Waals surface area contributed by atoms with Gasteiger partial charge in [-0.2, -0.15) is 12.6 Å². The molecule has 1 aliphatic heterocycles. The lowest BCUT2D eigenvalue weighted by molar-refractivity contribution is -0.143. The van der Waals surface area contributed by atoms with Gasteiger partial charge in [-0.1, -0.05) is 0 Å². The Bertz CT molecular complexity index is 157. The monoisotopic (exact) mass is 163 g/mol. The Labute approximate surface area is 63.8 Å². The SMILES string of the molecule is NC(C(=O)O)C1(S)COC1. The minimum absolute atomic E-state index is 0.323. The average molecular weight is 163 g/mol. The highest BCUT2D eigenvalue weighted by molar-refractivity contribution is 7.82. The molecule has 0 bridgehead atoms. The van der Waals surface area contributed by atoms with Crippen LogP contribution in [0.3, 0.4) is 0 Å². The van der Waals surface area contributed by atoms with Gasteiger partial charge in [0.1, 0.15) is 6.04 Å². The second-order valence-electron chi connectivity index (χ2n) is 2.41. The molecule has 0 aliphatic carbocycles. The van der Waals surface area contributed by atoms with Crippen molar-refractivity contribution >= 4 is 18.6 Å². The van der Waals surface area contributed by atoms with Gasteiger partial charge in [0.15, 0.2) is 0 Å². The first-order valence-electron chi connectivity index (χ1n) is 2.85. The third-order valence-electron chi connectivity index (χ3n) is 1.55. The summed E-state index contributed by atoms with van der Waals surface area (Å²) >= 11 is 4.08. The topological polar surface area (TPSA) is 72.6 Å². The van der Waals surface area contributed by atoms with Gasteiger partial charge in [0.25, 0.3) is 0 Å². The van der Waals surface area contributed by atoms with Gasteiger partial charge in [0.2, 0.25) is 0 Å². The van der Waals surface area contributed by atoms with Gasteiger partial charge >= 0.3 is 5.97 Å². The van der Waals surface area contributed by atoms with E-state index >= 15 is 0 Å². The Hall–Kier alpha value is -0.260. The lowest BCUT2D eigenvalue weighted by Gasteiger charge is -2.39. The van der Waals surface area contributed by atoms with E-state index in [-0.39, 0.29) is 0 Å². The van der Waals surface area contributed by atoms with Gasteiger partial charge in [-0.15, -0.1) is 0 Å². The van der Waals surface area contributed by atoms with Crippen LogP contribution in [0.5, 0.6) is 0 Å². The largest absolute Gasteiger partial charge is 0.480 e. The molecule has 10 heavy (non-hydrogen) atoms. The summed E-state index contributed by atoms with van der Waals surface area (Å²) in [5.41, 5.74) is 5.30. The van der Waals surface area contributed by atoms with E-state index in [2.05, 4.69) is 12.6 Å². The van der Waals surface area contributed by atoms with E-state index in [1.165, 1.54) is 0 Å². The minimum atomic E-state index is -1.03. The van der Waals surface area contributed by atoms with Crippen LogP contribution in [0.15, 0.2) is 0 Å². The zero-order valence-corrected chi connectivity index (χ0v) is 6.17. The Morgan fingerprint density at radius 2 is 2.30 bits per heavy atom. The molecular formula is C5H9NO3S. The van der Waals surface area contributed by atoms with Crippen LogP contribution < -0.4 is 5.73 Å². The third kappa shape index (κ3) is 1.12. The van der Waals surface area contributed by atoms with Gasteiger partial charge < -0.3 is 15.6 Å². The van der Waals surface area contributed by atoms with Crippen molar-refractivity contribution in [2.75, 3.05) is 13.2 Å². The molecule has 1 aliphatic rings. The number of rotatable bonds is 2. The molecular weight excluding hydrogens is 154 g/mol. The molecule has 0 spiro atoms. The molecule has 1 fully saturated rings. The number of carbonyl (C=O) groups is 1. The van der Waals surface area contributed by atoms with Crippen molar-refractivity contribution in [2.45, 2.75) is 10.8 Å². The number of carboxylic acids is 1. The van der Waals surface area contributed by atoms with Crippen molar-refractivity contribution in [2.24, 2.45) is 5.73 Å². The fourth-order valence-corrected chi connectivity index (χ4v) is 1.01. The molecule has 0 aromatic carbocycles. The van der Waals surface area contributed by atoms with Crippen molar-refractivity contribution < 1.29 is 14.6 Å². The second-order valence-corrected chi connectivity index (χ2v) is 3.30. The molecule has 3 N–H and O–H groups in total. The molecule has 4 nitrogen and oxygen atoms in total. The fraction of sp³-hybridized carbons (Fsp3) is 0.800. The maximum Gasteiger partial charge on any atom is 0.322 e. The quantitative estimate of drug-likeness (QED) is 0.461. The molecule has 58 valence electrons. The Morgan fingerprint density at radius 1 is 1.80 bits per heavy atom. The van der Waals surface area contributed by atoms with Crippen LogP contribution in [0.25, 0.3) is 0 Å². The Morgan fingerprint density at radius 3 is 2.40 bits per heavy atom. The molecule has 0 saturated carbocycles. The summed E-state index contributed by atoms with van der Waals surface area (Å²) in [4.78, 5) is 10.3. The van der Waals surface area contributed by atoms with Crippen LogP contribution in [-0.2, 0) is 9.53 Å². The van der Waals surface area contributed by atoms with Crippen LogP contribution in [0.2, 0.25) is 0 Å². The first-order valence-corrected chi connectivity index (χ1v) is 3.29. The standard InChI is InChI=1S/C5H9NO3S/c6-3(4(7)8)5(10)1-9-2-5/h3,10H,1-2,6H2,(H,7,8). The molecule has 1 saturated heterocycles. The average Bonchev–Trinajstić information content (AvgIpc) is 1.81. The van der Waals surface area contributed by atoms with Gasteiger partial charge in [-0.3, -0.25) is 4.79 Å². The summed E-state index contributed by atoms with van der Waals surface area (Å²) in [7, 11) is 0. The first-order chi connectivity index (χ1) is 4.56. The maximum absolute atomic E-state index is 10.3. The number of aliphatic carboxylic acids is 1. The van der Waals surface area contributed by atoms with Crippen LogP contribution in [0.4, 0.5) is 0 Å². The number of hydrogen-bond acceptors (Lipinski definition) is 4. The van der Waals surface area contributed by atoms with Gasteiger partial charge in [-0.25, -0.2) is 0 Å². The summed E-state index contributed by atoms with van der Waals surface area (Å²) < 4.78 is 4.14. The van der Waals surface area contributed by atoms with Crippen LogP contribution in [0, 0.1) is 0 Å². The van der Waals surface area contributed by atoms with Crippen molar-refractivity contribution in [1.29, 1.82) is 0 Å². The first kappa shape index (κ1) is 7.84. The predicted octanol–water partition coefficient (Wildman–Crippen LogP) is -0.903. The molecule has 1 heterocycles. The third-order valence-corrected chi connectivity index (χ3v) is 2.09. The van der Waals surface area contributed by atoms with Crippen LogP contribution >= 0.6 is 12.6 Å². The minimum Gasteiger partial charge on any atom is -0.480 e. The van der Waals surface area contributed by atoms with Crippen molar-refractivity contribution in [1.82, 2.24) is 0 Å². The van der Waals surface area contributed by atoms with E-state index in [1.54, 1.807) is 0 Å². The van der Waals surface area contributed by atoms with E-state index in [0.29, 0.717) is 13.2 Å². The molecule has 1 atom stereocenters. The predicted molar refractivity (Wildman–Crippen MR) is 38.1 cm³/mol.